The van der Waals surface area contributed by atoms with Gasteiger partial charge in [-0.1, -0.05) is 17.7 Å². The van der Waals surface area contributed by atoms with Gasteiger partial charge in [0, 0.05) is 12.1 Å². The molecule has 0 saturated heterocycles. The van der Waals surface area contributed by atoms with Gasteiger partial charge >= 0.3 is 10.1 Å². The van der Waals surface area contributed by atoms with Gasteiger partial charge in [-0.3, -0.25) is 4.79 Å². The van der Waals surface area contributed by atoms with Crippen LogP contribution in [0.3, 0.4) is 0 Å². The molecule has 6 heteroatoms. The fourth-order valence-electron chi connectivity index (χ4n) is 3.14. The van der Waals surface area contributed by atoms with Crippen LogP contribution in [0.1, 0.15) is 28.7 Å². The Bertz CT molecular complexity index is 909. The first-order valence-corrected chi connectivity index (χ1v) is 9.12. The van der Waals surface area contributed by atoms with Crippen LogP contribution in [0.15, 0.2) is 35.2 Å². The highest BCUT2D eigenvalue weighted by atomic mass is 32.2. The van der Waals surface area contributed by atoms with Crippen molar-refractivity contribution in [3.05, 3.63) is 52.6 Å². The molecule has 1 N–H and O–H groups in total. The maximum atomic E-state index is 12.7. The third-order valence-corrected chi connectivity index (χ3v) is 5.59. The summed E-state index contributed by atoms with van der Waals surface area (Å²) in [4.78, 5) is 11.6. The second kappa shape index (κ2) is 5.94. The van der Waals surface area contributed by atoms with E-state index in [1.165, 1.54) is 0 Å². The number of amides is 1. The highest BCUT2D eigenvalue weighted by molar-refractivity contribution is 7.87. The summed E-state index contributed by atoms with van der Waals surface area (Å²) >= 11 is 0. The average molecular weight is 345 g/mol. The zero-order chi connectivity index (χ0) is 17.5. The molecule has 0 fully saturated rings. The van der Waals surface area contributed by atoms with Gasteiger partial charge in [-0.15, -0.1) is 0 Å². The van der Waals surface area contributed by atoms with Crippen LogP contribution >= 0.6 is 0 Å². The Hall–Kier alpha value is -2.34. The van der Waals surface area contributed by atoms with Crippen LogP contribution in [0.5, 0.6) is 5.75 Å². The van der Waals surface area contributed by atoms with Crippen molar-refractivity contribution in [2.75, 3.05) is 5.32 Å². The fraction of sp³-hybridized carbons (Fsp3) is 0.278. The lowest BCUT2D eigenvalue weighted by Gasteiger charge is -2.18. The molecular weight excluding hydrogens is 326 g/mol. The number of anilines is 1. The third kappa shape index (κ3) is 3.14. The van der Waals surface area contributed by atoms with Crippen molar-refractivity contribution >= 4 is 21.7 Å². The second-order valence-electron chi connectivity index (χ2n) is 6.13. The Balaban J connectivity index is 1.95. The van der Waals surface area contributed by atoms with Crippen molar-refractivity contribution in [1.29, 1.82) is 0 Å². The van der Waals surface area contributed by atoms with Crippen LogP contribution in [0, 0.1) is 20.8 Å². The molecule has 0 atom stereocenters. The van der Waals surface area contributed by atoms with E-state index in [1.54, 1.807) is 32.0 Å². The molecule has 5 nitrogen and oxygen atoms in total. The Morgan fingerprint density at radius 2 is 1.67 bits per heavy atom. The number of carbonyl (C=O) groups excluding carboxylic acids is 1. The van der Waals surface area contributed by atoms with E-state index in [2.05, 4.69) is 5.32 Å². The second-order valence-corrected chi connectivity index (χ2v) is 7.62. The summed E-state index contributed by atoms with van der Waals surface area (Å²) in [6.45, 7) is 5.45. The van der Waals surface area contributed by atoms with Gasteiger partial charge in [-0.05, 0) is 62.1 Å². The molecule has 0 spiro atoms. The molecule has 0 saturated carbocycles. The summed E-state index contributed by atoms with van der Waals surface area (Å²) in [5, 5.41) is 2.76. The van der Waals surface area contributed by atoms with Crippen LogP contribution in [-0.4, -0.2) is 14.3 Å². The van der Waals surface area contributed by atoms with E-state index in [4.69, 9.17) is 4.18 Å². The monoisotopic (exact) mass is 345 g/mol. The molecule has 0 radical (unpaired) electrons. The van der Waals surface area contributed by atoms with E-state index >= 15 is 0 Å². The van der Waals surface area contributed by atoms with Gasteiger partial charge in [0.15, 0.2) is 0 Å². The first-order chi connectivity index (χ1) is 11.3. The molecule has 2 aromatic carbocycles. The Labute approximate surface area is 141 Å². The van der Waals surface area contributed by atoms with Gasteiger partial charge < -0.3 is 9.50 Å². The number of rotatable bonds is 3. The highest BCUT2D eigenvalue weighted by Crippen LogP contribution is 2.30. The first-order valence-electron chi connectivity index (χ1n) is 7.71. The quantitative estimate of drug-likeness (QED) is 0.867. The minimum atomic E-state index is -3.92. The molecule has 1 amide bonds. The minimum Gasteiger partial charge on any atom is -0.379 e. The van der Waals surface area contributed by atoms with Gasteiger partial charge in [0.2, 0.25) is 5.91 Å². The van der Waals surface area contributed by atoms with Crippen LogP contribution < -0.4 is 9.50 Å². The molecule has 0 bridgehead atoms. The Morgan fingerprint density at radius 1 is 1.00 bits per heavy atom. The molecule has 24 heavy (non-hydrogen) atoms. The van der Waals surface area contributed by atoms with E-state index in [1.807, 2.05) is 19.1 Å². The average Bonchev–Trinajstić information content (AvgIpc) is 2.45. The first kappa shape index (κ1) is 16.5. The van der Waals surface area contributed by atoms with Gasteiger partial charge in [-0.2, -0.15) is 8.42 Å². The van der Waals surface area contributed by atoms with Gasteiger partial charge in [0.05, 0.1) is 0 Å². The van der Waals surface area contributed by atoms with Crippen LogP contribution in [0.4, 0.5) is 5.69 Å². The van der Waals surface area contributed by atoms with Crippen molar-refractivity contribution in [3.8, 4) is 5.75 Å². The normalized spacial score (nSPS) is 14.0. The Morgan fingerprint density at radius 3 is 2.33 bits per heavy atom. The fourth-order valence-corrected chi connectivity index (χ4v) is 4.49. The largest absolute Gasteiger partial charge is 0.379 e. The summed E-state index contributed by atoms with van der Waals surface area (Å²) in [5.41, 5.74) is 3.92. The maximum Gasteiger partial charge on any atom is 0.339 e. The number of nitrogens with one attached hydrogen (secondary N) is 1. The van der Waals surface area contributed by atoms with Gasteiger partial charge in [-0.25, -0.2) is 0 Å². The van der Waals surface area contributed by atoms with Crippen LogP contribution in [0.25, 0.3) is 0 Å². The highest BCUT2D eigenvalue weighted by Gasteiger charge is 2.23. The predicted molar refractivity (Wildman–Crippen MR) is 91.9 cm³/mol. The van der Waals surface area contributed by atoms with E-state index in [0.29, 0.717) is 29.7 Å². The van der Waals surface area contributed by atoms with Crippen molar-refractivity contribution < 1.29 is 17.4 Å². The lowest BCUT2D eigenvalue weighted by atomic mass is 10.0. The summed E-state index contributed by atoms with van der Waals surface area (Å²) in [6.07, 6.45) is 0.959. The number of fused-ring (bicyclic) bond motifs is 1. The van der Waals surface area contributed by atoms with E-state index in [-0.39, 0.29) is 16.6 Å². The third-order valence-electron chi connectivity index (χ3n) is 4.03. The molecule has 3 rings (SSSR count). The molecular formula is C18H19NO4S. The Kier molecular flexibility index (Phi) is 4.09. The van der Waals surface area contributed by atoms with Crippen molar-refractivity contribution in [2.24, 2.45) is 0 Å². The van der Waals surface area contributed by atoms with Gasteiger partial charge in [0.1, 0.15) is 10.6 Å². The van der Waals surface area contributed by atoms with E-state index < -0.39 is 10.1 Å². The zero-order valence-electron chi connectivity index (χ0n) is 13.8. The van der Waals surface area contributed by atoms with Crippen molar-refractivity contribution in [1.82, 2.24) is 0 Å². The molecule has 126 valence electrons. The molecule has 1 aliphatic heterocycles. The number of hydrogen-bond acceptors (Lipinski definition) is 4. The van der Waals surface area contributed by atoms with Crippen molar-refractivity contribution in [2.45, 2.75) is 38.5 Å². The molecule has 0 aliphatic carbocycles. The van der Waals surface area contributed by atoms with Crippen LogP contribution in [0.2, 0.25) is 0 Å². The molecule has 2 aromatic rings. The lowest BCUT2D eigenvalue weighted by molar-refractivity contribution is -0.116. The summed E-state index contributed by atoms with van der Waals surface area (Å²) in [5.74, 6) is 0.221. The molecule has 0 unspecified atom stereocenters. The lowest BCUT2D eigenvalue weighted by Crippen LogP contribution is -2.19. The SMILES string of the molecule is Cc1cc(C)c(S(=O)(=O)Oc2ccc3c(c2)CCC(=O)N3)c(C)c1. The minimum absolute atomic E-state index is 0.0327. The van der Waals surface area contributed by atoms with E-state index in [9.17, 15) is 13.2 Å². The maximum absolute atomic E-state index is 12.7. The summed E-state index contributed by atoms with van der Waals surface area (Å²) in [6, 6.07) is 8.55. The molecule has 0 aromatic heterocycles. The number of aryl methyl sites for hydroxylation is 4. The smallest absolute Gasteiger partial charge is 0.339 e. The van der Waals surface area contributed by atoms with E-state index in [0.717, 1.165) is 11.1 Å². The van der Waals surface area contributed by atoms with Crippen molar-refractivity contribution in [3.63, 3.8) is 0 Å². The number of carbonyl (C=O) groups is 1. The standard InChI is InChI=1S/C18H19NO4S/c1-11-8-12(2)18(13(3)9-11)24(21,22)23-15-5-6-16-14(10-15)4-7-17(20)19-16/h5-6,8-10H,4,7H2,1-3H3,(H,19,20). The number of hydrogen-bond donors (Lipinski definition) is 1. The molecule has 1 heterocycles. The van der Waals surface area contributed by atoms with Crippen LogP contribution in [-0.2, 0) is 21.3 Å². The molecule has 1 aliphatic rings. The summed E-state index contributed by atoms with van der Waals surface area (Å²) in [7, 11) is -3.92. The summed E-state index contributed by atoms with van der Waals surface area (Å²) < 4.78 is 30.7. The topological polar surface area (TPSA) is 72.5 Å². The zero-order valence-corrected chi connectivity index (χ0v) is 14.7. The van der Waals surface area contributed by atoms with Gasteiger partial charge in [0.25, 0.3) is 0 Å². The predicted octanol–water partition coefficient (Wildman–Crippen LogP) is 3.26. The number of benzene rings is 2.